The topological polar surface area (TPSA) is 75.0 Å². The SMILES string of the molecule is CC(C)(C)c1ccc(Oc2coc3cc(OC(=O)CCCOc4ccc(Br)cc4Cl)ccc3c2=O)cc1. The van der Waals surface area contributed by atoms with Gasteiger partial charge in [0.2, 0.25) is 11.2 Å². The molecule has 8 heteroatoms. The second-order valence-corrected chi connectivity index (χ2v) is 10.8. The zero-order valence-electron chi connectivity index (χ0n) is 20.7. The summed E-state index contributed by atoms with van der Waals surface area (Å²) in [5.41, 5.74) is 1.15. The molecule has 0 radical (unpaired) electrons. The van der Waals surface area contributed by atoms with Crippen molar-refractivity contribution in [3.8, 4) is 23.0 Å². The van der Waals surface area contributed by atoms with Crippen LogP contribution >= 0.6 is 27.5 Å². The minimum absolute atomic E-state index is 0.0176. The number of fused-ring (bicyclic) bond motifs is 1. The molecule has 192 valence electrons. The van der Waals surface area contributed by atoms with Crippen molar-refractivity contribution in [2.24, 2.45) is 0 Å². The number of carbonyl (C=O) groups excluding carboxylic acids is 1. The highest BCUT2D eigenvalue weighted by Gasteiger charge is 2.15. The number of esters is 1. The maximum absolute atomic E-state index is 12.9. The molecule has 0 saturated carbocycles. The van der Waals surface area contributed by atoms with Gasteiger partial charge in [0.1, 0.15) is 29.1 Å². The molecule has 0 fully saturated rings. The molecular formula is C29H26BrClO6. The van der Waals surface area contributed by atoms with Crippen molar-refractivity contribution >= 4 is 44.5 Å². The van der Waals surface area contributed by atoms with Gasteiger partial charge in [0, 0.05) is 17.0 Å². The molecule has 37 heavy (non-hydrogen) atoms. The van der Waals surface area contributed by atoms with Crippen LogP contribution in [0.3, 0.4) is 0 Å². The molecule has 0 N–H and O–H groups in total. The first-order valence-corrected chi connectivity index (χ1v) is 12.9. The third kappa shape index (κ3) is 6.93. The van der Waals surface area contributed by atoms with Crippen molar-refractivity contribution in [3.05, 3.63) is 92.2 Å². The standard InChI is InChI=1S/C29H26BrClO6/c1-29(2,3)18-6-9-20(10-7-18)36-26-17-35-25-16-21(11-12-22(25)28(26)33)37-27(32)5-4-14-34-24-13-8-19(30)15-23(24)31/h6-13,15-17H,4-5,14H2,1-3H3. The van der Waals surface area contributed by atoms with Crippen LogP contribution in [-0.4, -0.2) is 12.6 Å². The minimum atomic E-state index is -0.425. The van der Waals surface area contributed by atoms with Crippen LogP contribution in [0, 0.1) is 0 Å². The lowest BCUT2D eigenvalue weighted by molar-refractivity contribution is -0.134. The monoisotopic (exact) mass is 584 g/mol. The van der Waals surface area contributed by atoms with E-state index in [0.29, 0.717) is 40.5 Å². The van der Waals surface area contributed by atoms with E-state index in [9.17, 15) is 9.59 Å². The lowest BCUT2D eigenvalue weighted by Crippen LogP contribution is -2.11. The highest BCUT2D eigenvalue weighted by Crippen LogP contribution is 2.29. The van der Waals surface area contributed by atoms with Gasteiger partial charge in [-0.25, -0.2) is 0 Å². The quantitative estimate of drug-likeness (QED) is 0.118. The van der Waals surface area contributed by atoms with Crippen LogP contribution in [0.4, 0.5) is 0 Å². The number of hydrogen-bond donors (Lipinski definition) is 0. The van der Waals surface area contributed by atoms with E-state index in [1.54, 1.807) is 24.3 Å². The Kier molecular flexibility index (Phi) is 8.25. The van der Waals surface area contributed by atoms with Crippen LogP contribution in [0.25, 0.3) is 11.0 Å². The Bertz CT molecular complexity index is 1470. The van der Waals surface area contributed by atoms with Gasteiger partial charge in [-0.2, -0.15) is 0 Å². The maximum Gasteiger partial charge on any atom is 0.311 e. The number of hydrogen-bond acceptors (Lipinski definition) is 6. The molecule has 0 atom stereocenters. The van der Waals surface area contributed by atoms with Gasteiger partial charge in [-0.3, -0.25) is 9.59 Å². The van der Waals surface area contributed by atoms with E-state index in [2.05, 4.69) is 36.7 Å². The number of halogens is 2. The maximum atomic E-state index is 12.9. The Morgan fingerprint density at radius 1 is 0.973 bits per heavy atom. The number of rotatable bonds is 8. The summed E-state index contributed by atoms with van der Waals surface area (Å²) in [5.74, 6) is 1.02. The predicted molar refractivity (Wildman–Crippen MR) is 147 cm³/mol. The summed E-state index contributed by atoms with van der Waals surface area (Å²) in [5, 5.41) is 0.810. The Hall–Kier alpha value is -3.29. The second kappa shape index (κ2) is 11.4. The van der Waals surface area contributed by atoms with Crippen LogP contribution in [0.15, 0.2) is 80.6 Å². The van der Waals surface area contributed by atoms with E-state index in [1.165, 1.54) is 12.3 Å². The van der Waals surface area contributed by atoms with E-state index < -0.39 is 5.97 Å². The van der Waals surface area contributed by atoms with E-state index in [0.717, 1.165) is 10.0 Å². The summed E-state index contributed by atoms with van der Waals surface area (Å²) in [6.07, 6.45) is 1.86. The number of carbonyl (C=O) groups is 1. The van der Waals surface area contributed by atoms with Crippen molar-refractivity contribution in [3.63, 3.8) is 0 Å². The van der Waals surface area contributed by atoms with Gasteiger partial charge in [-0.15, -0.1) is 0 Å². The van der Waals surface area contributed by atoms with Gasteiger partial charge in [0.25, 0.3) is 0 Å². The molecule has 0 spiro atoms. The van der Waals surface area contributed by atoms with Gasteiger partial charge in [-0.05, 0) is 59.9 Å². The molecule has 1 heterocycles. The van der Waals surface area contributed by atoms with E-state index in [1.807, 2.05) is 30.3 Å². The van der Waals surface area contributed by atoms with Crippen LogP contribution in [0.1, 0.15) is 39.2 Å². The smallest absolute Gasteiger partial charge is 0.311 e. The molecule has 0 amide bonds. The van der Waals surface area contributed by atoms with E-state index in [-0.39, 0.29) is 28.8 Å². The fourth-order valence-corrected chi connectivity index (χ4v) is 4.28. The average molecular weight is 586 g/mol. The zero-order valence-corrected chi connectivity index (χ0v) is 23.0. The second-order valence-electron chi connectivity index (χ2n) is 9.46. The van der Waals surface area contributed by atoms with E-state index >= 15 is 0 Å². The average Bonchev–Trinajstić information content (AvgIpc) is 2.84. The first-order valence-electron chi connectivity index (χ1n) is 11.7. The highest BCUT2D eigenvalue weighted by molar-refractivity contribution is 9.10. The largest absolute Gasteiger partial charge is 0.492 e. The summed E-state index contributed by atoms with van der Waals surface area (Å²) in [6, 6.07) is 17.5. The van der Waals surface area contributed by atoms with Crippen molar-refractivity contribution in [1.82, 2.24) is 0 Å². The molecule has 4 rings (SSSR count). The van der Waals surface area contributed by atoms with Gasteiger partial charge in [-0.1, -0.05) is 60.4 Å². The Morgan fingerprint density at radius 2 is 1.70 bits per heavy atom. The molecule has 1 aromatic heterocycles. The molecule has 3 aromatic carbocycles. The fraction of sp³-hybridized carbons (Fsp3) is 0.241. The van der Waals surface area contributed by atoms with E-state index in [4.69, 9.17) is 30.2 Å². The van der Waals surface area contributed by atoms with Crippen LogP contribution in [0.2, 0.25) is 5.02 Å². The molecule has 0 bridgehead atoms. The number of benzene rings is 3. The molecule has 0 unspecified atom stereocenters. The number of ether oxygens (including phenoxy) is 3. The molecule has 0 saturated heterocycles. The molecule has 0 aliphatic carbocycles. The van der Waals surface area contributed by atoms with Crippen LogP contribution in [-0.2, 0) is 10.2 Å². The van der Waals surface area contributed by atoms with Crippen molar-refractivity contribution in [1.29, 1.82) is 0 Å². The van der Waals surface area contributed by atoms with Crippen LogP contribution < -0.4 is 19.6 Å². The molecule has 0 aliphatic rings. The van der Waals surface area contributed by atoms with Gasteiger partial charge in [0.05, 0.1) is 17.0 Å². The predicted octanol–water partition coefficient (Wildman–Crippen LogP) is 8.06. The molecular weight excluding hydrogens is 560 g/mol. The third-order valence-corrected chi connectivity index (χ3v) is 6.36. The summed E-state index contributed by atoms with van der Waals surface area (Å²) >= 11 is 9.46. The summed E-state index contributed by atoms with van der Waals surface area (Å²) in [4.78, 5) is 25.2. The van der Waals surface area contributed by atoms with Gasteiger partial charge < -0.3 is 18.6 Å². The summed E-state index contributed by atoms with van der Waals surface area (Å²) < 4.78 is 23.2. The molecule has 4 aromatic rings. The summed E-state index contributed by atoms with van der Waals surface area (Å²) in [7, 11) is 0. The highest BCUT2D eigenvalue weighted by atomic mass is 79.9. The first kappa shape index (κ1) is 26.8. The van der Waals surface area contributed by atoms with Crippen molar-refractivity contribution < 1.29 is 23.4 Å². The Morgan fingerprint density at radius 3 is 2.41 bits per heavy atom. The van der Waals surface area contributed by atoms with Gasteiger partial charge in [0.15, 0.2) is 0 Å². The third-order valence-electron chi connectivity index (χ3n) is 5.57. The molecule has 6 nitrogen and oxygen atoms in total. The Labute approximate surface area is 228 Å². The zero-order chi connectivity index (χ0) is 26.6. The van der Waals surface area contributed by atoms with Crippen molar-refractivity contribution in [2.75, 3.05) is 6.61 Å². The fourth-order valence-electron chi connectivity index (χ4n) is 3.55. The molecule has 0 aliphatic heterocycles. The van der Waals surface area contributed by atoms with Gasteiger partial charge >= 0.3 is 5.97 Å². The lowest BCUT2D eigenvalue weighted by atomic mass is 9.87. The lowest BCUT2D eigenvalue weighted by Gasteiger charge is -2.19. The van der Waals surface area contributed by atoms with Crippen molar-refractivity contribution in [2.45, 2.75) is 39.0 Å². The summed E-state index contributed by atoms with van der Waals surface area (Å²) in [6.45, 7) is 6.69. The Balaban J connectivity index is 1.35. The normalized spacial score (nSPS) is 11.4. The van der Waals surface area contributed by atoms with Crippen LogP contribution in [0.5, 0.6) is 23.0 Å². The first-order chi connectivity index (χ1) is 17.6. The minimum Gasteiger partial charge on any atom is -0.492 e.